The normalized spacial score (nSPS) is 11.0. The van der Waals surface area contributed by atoms with Gasteiger partial charge in [-0.05, 0) is 32.9 Å². The van der Waals surface area contributed by atoms with Crippen molar-refractivity contribution in [2.24, 2.45) is 0 Å². The lowest BCUT2D eigenvalue weighted by atomic mass is 10.3. The number of nitrogens with zero attached hydrogens (tertiary/aromatic N) is 3. The van der Waals surface area contributed by atoms with Crippen molar-refractivity contribution in [3.63, 3.8) is 0 Å². The number of anilines is 1. The van der Waals surface area contributed by atoms with Gasteiger partial charge in [0.25, 0.3) is 0 Å². The van der Waals surface area contributed by atoms with Crippen LogP contribution in [0.4, 0.5) is 5.69 Å². The highest BCUT2D eigenvalue weighted by molar-refractivity contribution is 7.98. The maximum absolute atomic E-state index is 11.6. The van der Waals surface area contributed by atoms with Crippen LogP contribution < -0.4 is 11.0 Å². The largest absolute Gasteiger partial charge is 0.385 e. The number of hydrogen-bond donors (Lipinski definition) is 2. The zero-order chi connectivity index (χ0) is 14.5. The van der Waals surface area contributed by atoms with Crippen LogP contribution in [0, 0.1) is 0 Å². The molecular formula is C13H19N5OS. The van der Waals surface area contributed by atoms with Gasteiger partial charge in [0.15, 0.2) is 5.16 Å². The van der Waals surface area contributed by atoms with Crippen LogP contribution in [0.1, 0.15) is 32.5 Å². The van der Waals surface area contributed by atoms with Gasteiger partial charge in [0, 0.05) is 30.2 Å². The molecule has 0 radical (unpaired) electrons. The Morgan fingerprint density at radius 3 is 3.00 bits per heavy atom. The second kappa shape index (κ2) is 6.60. The zero-order valence-electron chi connectivity index (χ0n) is 11.9. The molecule has 0 aliphatic heterocycles. The molecule has 2 aromatic rings. The summed E-state index contributed by atoms with van der Waals surface area (Å²) in [5, 5.41) is 10.5. The smallest absolute Gasteiger partial charge is 0.344 e. The highest BCUT2D eigenvalue weighted by atomic mass is 32.2. The third kappa shape index (κ3) is 3.41. The van der Waals surface area contributed by atoms with E-state index in [1.165, 1.54) is 11.8 Å². The number of aromatic amines is 1. The maximum atomic E-state index is 11.6. The van der Waals surface area contributed by atoms with Gasteiger partial charge in [0.2, 0.25) is 0 Å². The van der Waals surface area contributed by atoms with Gasteiger partial charge in [-0.2, -0.15) is 0 Å². The van der Waals surface area contributed by atoms with E-state index in [0.717, 1.165) is 17.9 Å². The molecule has 0 fully saturated rings. The van der Waals surface area contributed by atoms with Crippen LogP contribution in [0.2, 0.25) is 0 Å². The molecule has 0 aliphatic rings. The van der Waals surface area contributed by atoms with Crippen LogP contribution in [0.25, 0.3) is 0 Å². The molecule has 0 aromatic carbocycles. The fraction of sp³-hybridized carbons (Fsp3) is 0.462. The molecule has 2 aromatic heterocycles. The highest BCUT2D eigenvalue weighted by Crippen LogP contribution is 2.21. The predicted octanol–water partition coefficient (Wildman–Crippen LogP) is 2.27. The molecule has 0 spiro atoms. The molecule has 0 unspecified atom stereocenters. The van der Waals surface area contributed by atoms with Crippen LogP contribution in [-0.2, 0) is 5.75 Å². The Morgan fingerprint density at radius 2 is 2.30 bits per heavy atom. The lowest BCUT2D eigenvalue weighted by molar-refractivity contribution is 0.534. The van der Waals surface area contributed by atoms with E-state index in [1.807, 2.05) is 26.0 Å². The first kappa shape index (κ1) is 14.6. The first-order chi connectivity index (χ1) is 9.61. The van der Waals surface area contributed by atoms with Crippen LogP contribution >= 0.6 is 11.8 Å². The second-order valence-corrected chi connectivity index (χ2v) is 5.57. The van der Waals surface area contributed by atoms with E-state index in [4.69, 9.17) is 0 Å². The Labute approximate surface area is 122 Å². The monoisotopic (exact) mass is 293 g/mol. The highest BCUT2D eigenvalue weighted by Gasteiger charge is 2.12. The van der Waals surface area contributed by atoms with Crippen LogP contribution in [0.5, 0.6) is 0 Å². The Bertz CT molecular complexity index is 619. The van der Waals surface area contributed by atoms with Gasteiger partial charge < -0.3 is 5.32 Å². The van der Waals surface area contributed by atoms with Crippen molar-refractivity contribution >= 4 is 17.4 Å². The van der Waals surface area contributed by atoms with Crippen molar-refractivity contribution in [3.8, 4) is 0 Å². The number of pyridine rings is 1. The molecule has 0 aliphatic carbocycles. The zero-order valence-corrected chi connectivity index (χ0v) is 12.7. The minimum absolute atomic E-state index is 0.0878. The molecule has 0 saturated heterocycles. The molecule has 0 saturated carbocycles. The molecule has 0 bridgehead atoms. The SMILES string of the molecule is CCNc1ccnc(CSc2n[nH]c(=O)n2C(C)C)c1. The molecule has 2 rings (SSSR count). The van der Waals surface area contributed by atoms with E-state index in [1.54, 1.807) is 10.8 Å². The Balaban J connectivity index is 2.09. The lowest BCUT2D eigenvalue weighted by Gasteiger charge is -2.09. The third-order valence-electron chi connectivity index (χ3n) is 2.74. The second-order valence-electron chi connectivity index (χ2n) is 4.63. The van der Waals surface area contributed by atoms with Gasteiger partial charge >= 0.3 is 5.69 Å². The molecule has 0 atom stereocenters. The first-order valence-corrected chi connectivity index (χ1v) is 7.59. The number of H-pyrrole nitrogens is 1. The summed E-state index contributed by atoms with van der Waals surface area (Å²) in [7, 11) is 0. The Kier molecular flexibility index (Phi) is 4.84. The standard InChI is InChI=1S/C13H19N5OS/c1-4-14-10-5-6-15-11(7-10)8-20-13-17-16-12(19)18(13)9(2)3/h5-7,9H,4,8H2,1-3H3,(H,14,15)(H,16,19). The summed E-state index contributed by atoms with van der Waals surface area (Å²) in [4.78, 5) is 16.0. The van der Waals surface area contributed by atoms with Crippen LogP contribution in [-0.4, -0.2) is 26.3 Å². The van der Waals surface area contributed by atoms with Crippen molar-refractivity contribution in [2.75, 3.05) is 11.9 Å². The summed E-state index contributed by atoms with van der Waals surface area (Å²) in [5.41, 5.74) is 1.84. The van der Waals surface area contributed by atoms with E-state index in [-0.39, 0.29) is 11.7 Å². The molecule has 6 nitrogen and oxygen atoms in total. The average molecular weight is 293 g/mol. The molecule has 108 valence electrons. The fourth-order valence-electron chi connectivity index (χ4n) is 1.86. The molecule has 2 heterocycles. The van der Waals surface area contributed by atoms with Gasteiger partial charge in [-0.3, -0.25) is 9.55 Å². The molecule has 20 heavy (non-hydrogen) atoms. The van der Waals surface area contributed by atoms with Crippen LogP contribution in [0.3, 0.4) is 0 Å². The summed E-state index contributed by atoms with van der Waals surface area (Å²) < 4.78 is 1.65. The molecule has 7 heteroatoms. The summed E-state index contributed by atoms with van der Waals surface area (Å²) in [6.07, 6.45) is 1.79. The number of nitrogens with one attached hydrogen (secondary N) is 2. The third-order valence-corrected chi connectivity index (χ3v) is 3.72. The quantitative estimate of drug-likeness (QED) is 0.799. The molecule has 2 N–H and O–H groups in total. The van der Waals surface area contributed by atoms with E-state index >= 15 is 0 Å². The van der Waals surface area contributed by atoms with E-state index < -0.39 is 0 Å². The first-order valence-electron chi connectivity index (χ1n) is 6.60. The van der Waals surface area contributed by atoms with E-state index in [0.29, 0.717) is 10.9 Å². The van der Waals surface area contributed by atoms with Gasteiger partial charge in [0.1, 0.15) is 0 Å². The van der Waals surface area contributed by atoms with Gasteiger partial charge in [-0.15, -0.1) is 5.10 Å². The van der Waals surface area contributed by atoms with Crippen molar-refractivity contribution in [2.45, 2.75) is 37.7 Å². The molecule has 0 amide bonds. The Morgan fingerprint density at radius 1 is 1.50 bits per heavy atom. The summed E-state index contributed by atoms with van der Waals surface area (Å²) in [6, 6.07) is 4.04. The van der Waals surface area contributed by atoms with Crippen molar-refractivity contribution in [1.82, 2.24) is 19.7 Å². The van der Waals surface area contributed by atoms with E-state index in [2.05, 4.69) is 27.4 Å². The van der Waals surface area contributed by atoms with Crippen molar-refractivity contribution in [3.05, 3.63) is 34.5 Å². The summed E-state index contributed by atoms with van der Waals surface area (Å²) >= 11 is 1.51. The minimum atomic E-state index is -0.170. The number of thioether (sulfide) groups is 1. The number of rotatable bonds is 6. The van der Waals surface area contributed by atoms with Gasteiger partial charge in [0.05, 0.1) is 5.69 Å². The summed E-state index contributed by atoms with van der Waals surface area (Å²) in [6.45, 7) is 6.86. The van der Waals surface area contributed by atoms with Crippen LogP contribution in [0.15, 0.2) is 28.3 Å². The van der Waals surface area contributed by atoms with E-state index in [9.17, 15) is 4.79 Å². The van der Waals surface area contributed by atoms with Gasteiger partial charge in [-0.1, -0.05) is 11.8 Å². The van der Waals surface area contributed by atoms with Gasteiger partial charge in [-0.25, -0.2) is 9.89 Å². The Hall–Kier alpha value is -1.76. The predicted molar refractivity (Wildman–Crippen MR) is 81.2 cm³/mol. The lowest BCUT2D eigenvalue weighted by Crippen LogP contribution is -2.19. The topological polar surface area (TPSA) is 75.6 Å². The summed E-state index contributed by atoms with van der Waals surface area (Å²) in [5.74, 6) is 0.677. The minimum Gasteiger partial charge on any atom is -0.385 e. The number of aromatic nitrogens is 4. The maximum Gasteiger partial charge on any atom is 0.344 e. The number of hydrogen-bond acceptors (Lipinski definition) is 5. The molecular weight excluding hydrogens is 274 g/mol. The fourth-order valence-corrected chi connectivity index (χ4v) is 2.84. The average Bonchev–Trinajstić information content (AvgIpc) is 2.78. The van der Waals surface area contributed by atoms with Crippen molar-refractivity contribution in [1.29, 1.82) is 0 Å². The van der Waals surface area contributed by atoms with Crippen molar-refractivity contribution < 1.29 is 0 Å².